The third kappa shape index (κ3) is 4.17. The van der Waals surface area contributed by atoms with Gasteiger partial charge in [0.1, 0.15) is 0 Å². The van der Waals surface area contributed by atoms with Gasteiger partial charge in [0.25, 0.3) is 0 Å². The molecule has 0 aromatic carbocycles. The highest BCUT2D eigenvalue weighted by molar-refractivity contribution is 7.07. The van der Waals surface area contributed by atoms with E-state index in [0.717, 1.165) is 12.2 Å². The van der Waals surface area contributed by atoms with Crippen LogP contribution in [0.4, 0.5) is 0 Å². The van der Waals surface area contributed by atoms with Gasteiger partial charge in [-0.25, -0.2) is 4.98 Å². The molecule has 0 saturated heterocycles. The number of hydrogen-bond donors (Lipinski definition) is 2. The third-order valence-electron chi connectivity index (χ3n) is 2.66. The highest BCUT2D eigenvalue weighted by Gasteiger charge is 2.21. The van der Waals surface area contributed by atoms with Gasteiger partial charge in [0.05, 0.1) is 17.3 Å². The Balaban J connectivity index is 1.63. The minimum absolute atomic E-state index is 0.288. The number of nitrogens with zero attached hydrogens (tertiary/aromatic N) is 2. The van der Waals surface area contributed by atoms with Crippen molar-refractivity contribution in [3.8, 4) is 0 Å². The lowest BCUT2D eigenvalue weighted by Crippen LogP contribution is -2.37. The smallest absolute Gasteiger partial charge is 0.0795 e. The predicted molar refractivity (Wildman–Crippen MR) is 65.5 cm³/mol. The standard InChI is InChI=1S/C11H19N3OS/c1-14(5-10-7-16-8-13-10)6-11(15)4-12-9-2-3-9/h7-9,11-12,15H,2-6H2,1H3. The van der Waals surface area contributed by atoms with E-state index >= 15 is 0 Å². The molecule has 0 aliphatic heterocycles. The Morgan fingerprint density at radius 2 is 2.50 bits per heavy atom. The highest BCUT2D eigenvalue weighted by atomic mass is 32.1. The highest BCUT2D eigenvalue weighted by Crippen LogP contribution is 2.18. The molecule has 1 saturated carbocycles. The van der Waals surface area contributed by atoms with Crippen molar-refractivity contribution in [2.24, 2.45) is 0 Å². The number of aromatic nitrogens is 1. The summed E-state index contributed by atoms with van der Waals surface area (Å²) >= 11 is 1.61. The zero-order valence-electron chi connectivity index (χ0n) is 9.59. The molecule has 2 N–H and O–H groups in total. The minimum atomic E-state index is -0.288. The molecule has 0 bridgehead atoms. The molecule has 16 heavy (non-hydrogen) atoms. The summed E-state index contributed by atoms with van der Waals surface area (Å²) in [4.78, 5) is 6.33. The van der Waals surface area contributed by atoms with E-state index in [1.165, 1.54) is 12.8 Å². The van der Waals surface area contributed by atoms with Gasteiger partial charge in [0, 0.05) is 31.1 Å². The number of rotatable bonds is 7. The van der Waals surface area contributed by atoms with Crippen molar-refractivity contribution < 1.29 is 5.11 Å². The van der Waals surface area contributed by atoms with Crippen molar-refractivity contribution >= 4 is 11.3 Å². The average Bonchev–Trinajstić information content (AvgIpc) is 2.94. The van der Waals surface area contributed by atoms with Crippen molar-refractivity contribution in [1.29, 1.82) is 0 Å². The van der Waals surface area contributed by atoms with Crippen LogP contribution in [-0.2, 0) is 6.54 Å². The molecule has 1 aromatic heterocycles. The lowest BCUT2D eigenvalue weighted by molar-refractivity contribution is 0.120. The number of thiazole rings is 1. The molecule has 0 radical (unpaired) electrons. The first-order valence-electron chi connectivity index (χ1n) is 5.71. The van der Waals surface area contributed by atoms with E-state index < -0.39 is 0 Å². The Morgan fingerprint density at radius 3 is 3.12 bits per heavy atom. The molecule has 1 atom stereocenters. The van der Waals surface area contributed by atoms with E-state index in [2.05, 4.69) is 15.2 Å². The molecule has 90 valence electrons. The van der Waals surface area contributed by atoms with Crippen LogP contribution < -0.4 is 5.32 Å². The molecule has 5 heteroatoms. The zero-order valence-corrected chi connectivity index (χ0v) is 10.4. The predicted octanol–water partition coefficient (Wildman–Crippen LogP) is 0.688. The zero-order chi connectivity index (χ0) is 11.4. The Morgan fingerprint density at radius 1 is 1.69 bits per heavy atom. The molecular weight excluding hydrogens is 222 g/mol. The lowest BCUT2D eigenvalue weighted by atomic mass is 10.3. The minimum Gasteiger partial charge on any atom is -0.390 e. The normalized spacial score (nSPS) is 17.9. The molecule has 0 amide bonds. The first kappa shape index (κ1) is 12.0. The molecule has 1 heterocycles. The maximum absolute atomic E-state index is 9.80. The number of aliphatic hydroxyl groups is 1. The van der Waals surface area contributed by atoms with Crippen LogP contribution in [0.3, 0.4) is 0 Å². The maximum atomic E-state index is 9.80. The fraction of sp³-hybridized carbons (Fsp3) is 0.727. The van der Waals surface area contributed by atoms with Crippen LogP contribution in [0.2, 0.25) is 0 Å². The Bertz CT molecular complexity index is 300. The van der Waals surface area contributed by atoms with Gasteiger partial charge in [-0.2, -0.15) is 0 Å². The Kier molecular flexibility index (Phi) is 4.29. The van der Waals surface area contributed by atoms with Gasteiger partial charge in [0.15, 0.2) is 0 Å². The summed E-state index contributed by atoms with van der Waals surface area (Å²) < 4.78 is 0. The van der Waals surface area contributed by atoms with E-state index in [9.17, 15) is 5.11 Å². The second-order valence-corrected chi connectivity index (χ2v) is 5.23. The maximum Gasteiger partial charge on any atom is 0.0795 e. The largest absolute Gasteiger partial charge is 0.390 e. The van der Waals surface area contributed by atoms with Gasteiger partial charge in [-0.15, -0.1) is 11.3 Å². The molecule has 0 spiro atoms. The van der Waals surface area contributed by atoms with Crippen LogP contribution in [0.5, 0.6) is 0 Å². The van der Waals surface area contributed by atoms with Gasteiger partial charge < -0.3 is 10.4 Å². The number of likely N-dealkylation sites (N-methyl/N-ethyl adjacent to an activating group) is 1. The van der Waals surface area contributed by atoms with E-state index in [-0.39, 0.29) is 6.10 Å². The van der Waals surface area contributed by atoms with Crippen molar-refractivity contribution in [1.82, 2.24) is 15.2 Å². The molecule has 1 aromatic rings. The SMILES string of the molecule is CN(Cc1cscn1)CC(O)CNC1CC1. The first-order valence-corrected chi connectivity index (χ1v) is 6.65. The van der Waals surface area contributed by atoms with Crippen LogP contribution in [0.25, 0.3) is 0 Å². The van der Waals surface area contributed by atoms with Crippen LogP contribution in [-0.4, -0.2) is 47.3 Å². The summed E-state index contributed by atoms with van der Waals surface area (Å²) in [5, 5.41) is 15.2. The van der Waals surface area contributed by atoms with Crippen molar-refractivity contribution in [2.75, 3.05) is 20.1 Å². The summed E-state index contributed by atoms with van der Waals surface area (Å²) in [7, 11) is 2.01. The molecule has 2 rings (SSSR count). The van der Waals surface area contributed by atoms with Crippen molar-refractivity contribution in [2.45, 2.75) is 31.5 Å². The first-order chi connectivity index (χ1) is 7.74. The lowest BCUT2D eigenvalue weighted by Gasteiger charge is -2.19. The molecule has 1 unspecified atom stereocenters. The van der Waals surface area contributed by atoms with Gasteiger partial charge in [0.2, 0.25) is 0 Å². The van der Waals surface area contributed by atoms with Crippen molar-refractivity contribution in [3.05, 3.63) is 16.6 Å². The molecular formula is C11H19N3OS. The molecule has 1 aliphatic carbocycles. The summed E-state index contributed by atoms with van der Waals surface area (Å²) in [5.41, 5.74) is 2.92. The van der Waals surface area contributed by atoms with E-state index in [0.29, 0.717) is 19.1 Å². The van der Waals surface area contributed by atoms with Gasteiger partial charge in [-0.1, -0.05) is 0 Å². The number of aliphatic hydroxyl groups excluding tert-OH is 1. The van der Waals surface area contributed by atoms with Crippen LogP contribution in [0.1, 0.15) is 18.5 Å². The fourth-order valence-electron chi connectivity index (χ4n) is 1.67. The summed E-state index contributed by atoms with van der Waals surface area (Å²) in [6.07, 6.45) is 2.24. The summed E-state index contributed by atoms with van der Waals surface area (Å²) in [6, 6.07) is 0.665. The average molecular weight is 241 g/mol. The summed E-state index contributed by atoms with van der Waals surface area (Å²) in [5.74, 6) is 0. The fourth-order valence-corrected chi connectivity index (χ4v) is 2.22. The van der Waals surface area contributed by atoms with E-state index in [4.69, 9.17) is 0 Å². The molecule has 1 aliphatic rings. The topological polar surface area (TPSA) is 48.4 Å². The van der Waals surface area contributed by atoms with Gasteiger partial charge in [-0.3, -0.25) is 4.90 Å². The Labute approximate surface area is 100 Å². The van der Waals surface area contributed by atoms with E-state index in [1.54, 1.807) is 11.3 Å². The third-order valence-corrected chi connectivity index (χ3v) is 3.29. The summed E-state index contributed by atoms with van der Waals surface area (Å²) in [6.45, 7) is 2.20. The number of hydrogen-bond acceptors (Lipinski definition) is 5. The Hall–Kier alpha value is -0.490. The van der Waals surface area contributed by atoms with Crippen LogP contribution in [0.15, 0.2) is 10.9 Å². The van der Waals surface area contributed by atoms with Gasteiger partial charge in [-0.05, 0) is 19.9 Å². The molecule has 1 fully saturated rings. The van der Waals surface area contributed by atoms with Crippen molar-refractivity contribution in [3.63, 3.8) is 0 Å². The molecule has 4 nitrogen and oxygen atoms in total. The van der Waals surface area contributed by atoms with Crippen LogP contribution in [0, 0.1) is 0 Å². The monoisotopic (exact) mass is 241 g/mol. The van der Waals surface area contributed by atoms with Gasteiger partial charge >= 0.3 is 0 Å². The van der Waals surface area contributed by atoms with Crippen LogP contribution >= 0.6 is 11.3 Å². The second kappa shape index (κ2) is 5.72. The van der Waals surface area contributed by atoms with E-state index in [1.807, 2.05) is 17.9 Å². The quantitative estimate of drug-likeness (QED) is 0.737. The second-order valence-electron chi connectivity index (χ2n) is 4.51. The number of nitrogens with one attached hydrogen (secondary N) is 1.